The van der Waals surface area contributed by atoms with Gasteiger partial charge in [0.15, 0.2) is 0 Å². The van der Waals surface area contributed by atoms with Crippen molar-refractivity contribution in [2.24, 2.45) is 0 Å². The van der Waals surface area contributed by atoms with Crippen LogP contribution in [0, 0.1) is 0 Å². The predicted octanol–water partition coefficient (Wildman–Crippen LogP) is 4.44. The van der Waals surface area contributed by atoms with E-state index < -0.39 is 0 Å². The number of nitrogens with zero attached hydrogens (tertiary/aromatic N) is 2. The van der Waals surface area contributed by atoms with Gasteiger partial charge in [0.05, 0.1) is 5.52 Å². The Labute approximate surface area is 122 Å². The molecule has 1 aromatic heterocycles. The van der Waals surface area contributed by atoms with E-state index in [9.17, 15) is 0 Å². The first-order valence-corrected chi connectivity index (χ1v) is 7.46. The summed E-state index contributed by atoms with van der Waals surface area (Å²) in [6.45, 7) is 0. The maximum atomic E-state index is 4.37. The van der Waals surface area contributed by atoms with Crippen LogP contribution in [0.25, 0.3) is 17.0 Å². The molecule has 3 heteroatoms. The molecule has 0 atom stereocenters. The third-order valence-corrected chi connectivity index (χ3v) is 3.89. The first-order chi connectivity index (χ1) is 9.93. The fraction of sp³-hybridized carbons (Fsp3) is 0.0588. The van der Waals surface area contributed by atoms with Crippen molar-refractivity contribution in [2.75, 3.05) is 5.75 Å². The summed E-state index contributed by atoms with van der Waals surface area (Å²) in [6.07, 6.45) is 5.93. The summed E-state index contributed by atoms with van der Waals surface area (Å²) in [6, 6.07) is 18.4. The molecule has 0 radical (unpaired) electrons. The van der Waals surface area contributed by atoms with Crippen molar-refractivity contribution >= 4 is 28.7 Å². The molecule has 20 heavy (non-hydrogen) atoms. The fourth-order valence-corrected chi connectivity index (χ4v) is 2.77. The predicted molar refractivity (Wildman–Crippen MR) is 85.7 cm³/mol. The highest BCUT2D eigenvalue weighted by Crippen LogP contribution is 2.24. The van der Waals surface area contributed by atoms with E-state index in [1.165, 1.54) is 5.56 Å². The van der Waals surface area contributed by atoms with Crippen molar-refractivity contribution in [3.8, 4) is 0 Å². The van der Waals surface area contributed by atoms with Crippen LogP contribution in [0.2, 0.25) is 0 Å². The van der Waals surface area contributed by atoms with E-state index in [2.05, 4.69) is 40.3 Å². The van der Waals surface area contributed by atoms with Gasteiger partial charge in [0.1, 0.15) is 11.4 Å². The van der Waals surface area contributed by atoms with Crippen LogP contribution in [0.1, 0.15) is 5.56 Å². The molecule has 0 amide bonds. The van der Waals surface area contributed by atoms with Crippen LogP contribution in [-0.2, 0) is 0 Å². The number of benzene rings is 2. The van der Waals surface area contributed by atoms with Gasteiger partial charge in [-0.15, -0.1) is 11.8 Å². The number of fused-ring (bicyclic) bond motifs is 1. The molecule has 0 unspecified atom stereocenters. The third-order valence-electron chi connectivity index (χ3n) is 2.93. The average molecular weight is 278 g/mol. The molecule has 98 valence electrons. The number of para-hydroxylation sites is 1. The van der Waals surface area contributed by atoms with Gasteiger partial charge in [-0.2, -0.15) is 0 Å². The van der Waals surface area contributed by atoms with Crippen molar-refractivity contribution < 1.29 is 0 Å². The molecule has 3 aromatic rings. The van der Waals surface area contributed by atoms with Crippen molar-refractivity contribution in [1.29, 1.82) is 0 Å². The van der Waals surface area contributed by atoms with Gasteiger partial charge >= 0.3 is 0 Å². The minimum Gasteiger partial charge on any atom is -0.236 e. The molecule has 0 aliphatic rings. The molecule has 0 N–H and O–H groups in total. The maximum absolute atomic E-state index is 4.37. The van der Waals surface area contributed by atoms with Crippen LogP contribution in [0.15, 0.2) is 72.0 Å². The smallest absolute Gasteiger partial charge is 0.117 e. The zero-order valence-corrected chi connectivity index (χ0v) is 11.8. The molecule has 3 rings (SSSR count). The molecule has 0 spiro atoms. The molecule has 0 aliphatic carbocycles. The Bertz CT molecular complexity index is 718. The van der Waals surface area contributed by atoms with Gasteiger partial charge in [-0.1, -0.05) is 60.7 Å². The summed E-state index contributed by atoms with van der Waals surface area (Å²) in [4.78, 5) is 8.64. The quantitative estimate of drug-likeness (QED) is 0.521. The van der Waals surface area contributed by atoms with E-state index >= 15 is 0 Å². The summed E-state index contributed by atoms with van der Waals surface area (Å²) < 4.78 is 0. The number of aromatic nitrogens is 2. The Morgan fingerprint density at radius 3 is 2.60 bits per heavy atom. The lowest BCUT2D eigenvalue weighted by Crippen LogP contribution is -1.86. The fourth-order valence-electron chi connectivity index (χ4n) is 1.97. The zero-order valence-electron chi connectivity index (χ0n) is 10.9. The maximum Gasteiger partial charge on any atom is 0.117 e. The van der Waals surface area contributed by atoms with Crippen LogP contribution in [0.3, 0.4) is 0 Å². The van der Waals surface area contributed by atoms with E-state index in [1.54, 1.807) is 18.1 Å². The minimum absolute atomic E-state index is 0.899. The minimum atomic E-state index is 0.899. The van der Waals surface area contributed by atoms with E-state index in [4.69, 9.17) is 0 Å². The van der Waals surface area contributed by atoms with Gasteiger partial charge in [0.2, 0.25) is 0 Å². The average Bonchev–Trinajstić information content (AvgIpc) is 2.53. The van der Waals surface area contributed by atoms with E-state index in [-0.39, 0.29) is 0 Å². The highest BCUT2D eigenvalue weighted by atomic mass is 32.2. The molecular formula is C17H14N2S. The van der Waals surface area contributed by atoms with Crippen molar-refractivity contribution in [3.05, 3.63) is 72.6 Å². The first kappa shape index (κ1) is 12.9. The van der Waals surface area contributed by atoms with Gasteiger partial charge < -0.3 is 0 Å². The van der Waals surface area contributed by atoms with Gasteiger partial charge in [-0.3, -0.25) is 0 Å². The topological polar surface area (TPSA) is 25.8 Å². The molecule has 2 aromatic carbocycles. The summed E-state index contributed by atoms with van der Waals surface area (Å²) in [5.41, 5.74) is 2.22. The SMILES string of the molecule is C(=C\c1ccccc1)/CSc1ncnc2ccccc12. The molecule has 0 aliphatic heterocycles. The summed E-state index contributed by atoms with van der Waals surface area (Å²) in [5.74, 6) is 0.899. The van der Waals surface area contributed by atoms with Crippen LogP contribution in [0.4, 0.5) is 0 Å². The number of thioether (sulfide) groups is 1. The highest BCUT2D eigenvalue weighted by molar-refractivity contribution is 7.99. The first-order valence-electron chi connectivity index (χ1n) is 6.47. The largest absolute Gasteiger partial charge is 0.236 e. The van der Waals surface area contributed by atoms with Crippen molar-refractivity contribution in [3.63, 3.8) is 0 Å². The van der Waals surface area contributed by atoms with E-state index in [0.29, 0.717) is 0 Å². The normalized spacial score (nSPS) is 11.2. The molecule has 2 nitrogen and oxygen atoms in total. The lowest BCUT2D eigenvalue weighted by molar-refractivity contribution is 1.10. The van der Waals surface area contributed by atoms with Crippen LogP contribution in [0.5, 0.6) is 0 Å². The Hall–Kier alpha value is -2.13. The lowest BCUT2D eigenvalue weighted by atomic mass is 10.2. The lowest BCUT2D eigenvalue weighted by Gasteiger charge is -2.02. The monoisotopic (exact) mass is 278 g/mol. The van der Waals surface area contributed by atoms with E-state index in [0.717, 1.165) is 21.7 Å². The Morgan fingerprint density at radius 1 is 0.900 bits per heavy atom. The summed E-state index contributed by atoms with van der Waals surface area (Å²) in [7, 11) is 0. The number of hydrogen-bond donors (Lipinski definition) is 0. The summed E-state index contributed by atoms with van der Waals surface area (Å²) in [5, 5.41) is 2.15. The molecule has 0 bridgehead atoms. The van der Waals surface area contributed by atoms with E-state index in [1.807, 2.05) is 36.4 Å². The summed E-state index contributed by atoms with van der Waals surface area (Å²) >= 11 is 1.73. The molecule has 1 heterocycles. The molecular weight excluding hydrogens is 264 g/mol. The molecule has 0 saturated heterocycles. The number of rotatable bonds is 4. The van der Waals surface area contributed by atoms with Gasteiger partial charge in [-0.05, 0) is 11.6 Å². The van der Waals surface area contributed by atoms with Crippen LogP contribution >= 0.6 is 11.8 Å². The molecule has 0 saturated carbocycles. The standard InChI is InChI=1S/C17H14N2S/c1-2-7-14(8-3-1)9-6-12-20-17-15-10-4-5-11-16(15)18-13-19-17/h1-11,13H,12H2/b9-6+. The Kier molecular flexibility index (Phi) is 4.09. The van der Waals surface area contributed by atoms with Gasteiger partial charge in [-0.25, -0.2) is 9.97 Å². The molecule has 0 fully saturated rings. The number of hydrogen-bond acceptors (Lipinski definition) is 3. The second-order valence-corrected chi connectivity index (χ2v) is 5.33. The second-order valence-electron chi connectivity index (χ2n) is 4.32. The van der Waals surface area contributed by atoms with Gasteiger partial charge in [0.25, 0.3) is 0 Å². The Morgan fingerprint density at radius 2 is 1.70 bits per heavy atom. The third kappa shape index (κ3) is 3.06. The highest BCUT2D eigenvalue weighted by Gasteiger charge is 2.01. The van der Waals surface area contributed by atoms with Crippen LogP contribution in [-0.4, -0.2) is 15.7 Å². The second kappa shape index (κ2) is 6.35. The Balaban J connectivity index is 1.70. The van der Waals surface area contributed by atoms with Crippen molar-refractivity contribution in [1.82, 2.24) is 9.97 Å². The van der Waals surface area contributed by atoms with Crippen molar-refractivity contribution in [2.45, 2.75) is 5.03 Å². The zero-order chi connectivity index (χ0) is 13.6. The van der Waals surface area contributed by atoms with Gasteiger partial charge in [0, 0.05) is 11.1 Å². The van der Waals surface area contributed by atoms with Crippen LogP contribution < -0.4 is 0 Å².